The first-order valence-corrected chi connectivity index (χ1v) is 5.58. The summed E-state index contributed by atoms with van der Waals surface area (Å²) in [6, 6.07) is 8.49. The molecule has 1 aromatic carbocycles. The van der Waals surface area contributed by atoms with Crippen LogP contribution in [-0.2, 0) is 10.3 Å². The Labute approximate surface area is 91.4 Å². The summed E-state index contributed by atoms with van der Waals surface area (Å²) in [5, 5.41) is 0. The van der Waals surface area contributed by atoms with Gasteiger partial charge in [0.1, 0.15) is 0 Å². The zero-order chi connectivity index (χ0) is 10.9. The van der Waals surface area contributed by atoms with Crippen LogP contribution in [0.1, 0.15) is 43.4 Å². The SMILES string of the molecule is COC(C)c1cccc(C2(N)CCC2)c1. The van der Waals surface area contributed by atoms with Crippen molar-refractivity contribution in [3.63, 3.8) is 0 Å². The van der Waals surface area contributed by atoms with Crippen LogP contribution < -0.4 is 5.73 Å². The minimum atomic E-state index is -0.0660. The summed E-state index contributed by atoms with van der Waals surface area (Å²) in [5.74, 6) is 0. The zero-order valence-corrected chi connectivity index (χ0v) is 9.49. The Hall–Kier alpha value is -0.860. The molecular weight excluding hydrogens is 186 g/mol. The van der Waals surface area contributed by atoms with Crippen molar-refractivity contribution in [3.05, 3.63) is 35.4 Å². The Morgan fingerprint density at radius 1 is 1.40 bits per heavy atom. The predicted octanol–water partition coefficient (Wildman–Crippen LogP) is 2.73. The van der Waals surface area contributed by atoms with Gasteiger partial charge < -0.3 is 10.5 Å². The van der Waals surface area contributed by atoms with E-state index < -0.39 is 0 Å². The molecule has 2 nitrogen and oxygen atoms in total. The standard InChI is InChI=1S/C13H19NO/c1-10(15-2)11-5-3-6-12(9-11)13(14)7-4-8-13/h3,5-6,9-10H,4,7-8,14H2,1-2H3. The van der Waals surface area contributed by atoms with Crippen LogP contribution in [0, 0.1) is 0 Å². The highest BCUT2D eigenvalue weighted by Crippen LogP contribution is 2.39. The molecule has 0 aromatic heterocycles. The topological polar surface area (TPSA) is 35.2 Å². The van der Waals surface area contributed by atoms with Crippen molar-refractivity contribution in [2.45, 2.75) is 37.8 Å². The Morgan fingerprint density at radius 2 is 2.13 bits per heavy atom. The van der Waals surface area contributed by atoms with Gasteiger partial charge in [-0.1, -0.05) is 24.3 Å². The fourth-order valence-electron chi connectivity index (χ4n) is 2.08. The highest BCUT2D eigenvalue weighted by Gasteiger charge is 2.34. The lowest BCUT2D eigenvalue weighted by Gasteiger charge is -2.39. The first-order chi connectivity index (χ1) is 7.15. The van der Waals surface area contributed by atoms with E-state index >= 15 is 0 Å². The molecule has 1 fully saturated rings. The van der Waals surface area contributed by atoms with Crippen LogP contribution >= 0.6 is 0 Å². The molecule has 0 aliphatic heterocycles. The van der Waals surface area contributed by atoms with Crippen LogP contribution in [0.5, 0.6) is 0 Å². The number of nitrogens with two attached hydrogens (primary N) is 1. The van der Waals surface area contributed by atoms with Gasteiger partial charge in [0.25, 0.3) is 0 Å². The maximum atomic E-state index is 6.29. The fraction of sp³-hybridized carbons (Fsp3) is 0.538. The Kier molecular flexibility index (Phi) is 2.81. The Morgan fingerprint density at radius 3 is 2.67 bits per heavy atom. The summed E-state index contributed by atoms with van der Waals surface area (Å²) in [5.41, 5.74) is 8.70. The number of ether oxygens (including phenoxy) is 1. The van der Waals surface area contributed by atoms with Crippen LogP contribution in [-0.4, -0.2) is 7.11 Å². The van der Waals surface area contributed by atoms with Gasteiger partial charge >= 0.3 is 0 Å². The van der Waals surface area contributed by atoms with Gasteiger partial charge in [-0.25, -0.2) is 0 Å². The molecule has 1 aromatic rings. The van der Waals surface area contributed by atoms with Crippen LogP contribution in [0.4, 0.5) is 0 Å². The monoisotopic (exact) mass is 205 g/mol. The van der Waals surface area contributed by atoms with E-state index in [0.717, 1.165) is 12.8 Å². The molecule has 0 bridgehead atoms. The normalized spacial score (nSPS) is 20.7. The molecule has 0 spiro atoms. The molecule has 1 aliphatic rings. The Bertz CT molecular complexity index is 344. The van der Waals surface area contributed by atoms with Gasteiger partial charge in [0, 0.05) is 12.6 Å². The van der Waals surface area contributed by atoms with Gasteiger partial charge in [-0.3, -0.25) is 0 Å². The molecular formula is C13H19NO. The average Bonchev–Trinajstić information content (AvgIpc) is 2.25. The van der Waals surface area contributed by atoms with E-state index in [1.807, 2.05) is 0 Å². The molecule has 2 N–H and O–H groups in total. The van der Waals surface area contributed by atoms with Crippen molar-refractivity contribution in [1.29, 1.82) is 0 Å². The largest absolute Gasteiger partial charge is 0.377 e. The molecule has 0 heterocycles. The van der Waals surface area contributed by atoms with Gasteiger partial charge in [0.15, 0.2) is 0 Å². The van der Waals surface area contributed by atoms with Crippen molar-refractivity contribution in [3.8, 4) is 0 Å². The van der Waals surface area contributed by atoms with Crippen molar-refractivity contribution in [1.82, 2.24) is 0 Å². The molecule has 1 unspecified atom stereocenters. The summed E-state index contributed by atoms with van der Waals surface area (Å²) >= 11 is 0. The van der Waals surface area contributed by atoms with Crippen molar-refractivity contribution >= 4 is 0 Å². The van der Waals surface area contributed by atoms with Crippen molar-refractivity contribution < 1.29 is 4.74 Å². The van der Waals surface area contributed by atoms with Crippen LogP contribution in [0.2, 0.25) is 0 Å². The van der Waals surface area contributed by atoms with Gasteiger partial charge in [0.05, 0.1) is 6.10 Å². The molecule has 82 valence electrons. The summed E-state index contributed by atoms with van der Waals surface area (Å²) in [6.07, 6.45) is 3.62. The number of methoxy groups -OCH3 is 1. The number of rotatable bonds is 3. The summed E-state index contributed by atoms with van der Waals surface area (Å²) in [7, 11) is 1.74. The third-order valence-electron chi connectivity index (χ3n) is 3.53. The maximum Gasteiger partial charge on any atom is 0.0793 e. The van der Waals surface area contributed by atoms with Crippen LogP contribution in [0.3, 0.4) is 0 Å². The van der Waals surface area contributed by atoms with E-state index in [9.17, 15) is 0 Å². The molecule has 0 amide bonds. The van der Waals surface area contributed by atoms with Crippen molar-refractivity contribution in [2.75, 3.05) is 7.11 Å². The Balaban J connectivity index is 2.26. The third-order valence-corrected chi connectivity index (χ3v) is 3.53. The highest BCUT2D eigenvalue weighted by atomic mass is 16.5. The quantitative estimate of drug-likeness (QED) is 0.823. The second kappa shape index (κ2) is 3.95. The number of hydrogen-bond donors (Lipinski definition) is 1. The molecule has 2 heteroatoms. The fourth-order valence-corrected chi connectivity index (χ4v) is 2.08. The summed E-state index contributed by atoms with van der Waals surface area (Å²) < 4.78 is 5.31. The first kappa shape index (κ1) is 10.7. The molecule has 1 saturated carbocycles. The van der Waals surface area contributed by atoms with E-state index in [0.29, 0.717) is 0 Å². The van der Waals surface area contributed by atoms with Crippen LogP contribution in [0.15, 0.2) is 24.3 Å². The molecule has 1 atom stereocenters. The predicted molar refractivity (Wildman–Crippen MR) is 61.6 cm³/mol. The van der Waals surface area contributed by atoms with Crippen LogP contribution in [0.25, 0.3) is 0 Å². The minimum absolute atomic E-state index is 0.0660. The molecule has 15 heavy (non-hydrogen) atoms. The average molecular weight is 205 g/mol. The lowest BCUT2D eigenvalue weighted by molar-refractivity contribution is 0.119. The molecule has 2 rings (SSSR count). The zero-order valence-electron chi connectivity index (χ0n) is 9.49. The van der Waals surface area contributed by atoms with E-state index in [1.165, 1.54) is 17.5 Å². The lowest BCUT2D eigenvalue weighted by atomic mass is 9.72. The third kappa shape index (κ3) is 1.92. The van der Waals surface area contributed by atoms with E-state index in [-0.39, 0.29) is 11.6 Å². The van der Waals surface area contributed by atoms with Gasteiger partial charge in [-0.05, 0) is 37.3 Å². The smallest absolute Gasteiger partial charge is 0.0793 e. The van der Waals surface area contributed by atoms with Crippen molar-refractivity contribution in [2.24, 2.45) is 5.73 Å². The van der Waals surface area contributed by atoms with Gasteiger partial charge in [-0.2, -0.15) is 0 Å². The number of benzene rings is 1. The summed E-state index contributed by atoms with van der Waals surface area (Å²) in [4.78, 5) is 0. The molecule has 0 saturated heterocycles. The lowest BCUT2D eigenvalue weighted by Crippen LogP contribution is -2.43. The summed E-state index contributed by atoms with van der Waals surface area (Å²) in [6.45, 7) is 2.06. The molecule has 1 aliphatic carbocycles. The van der Waals surface area contributed by atoms with Gasteiger partial charge in [-0.15, -0.1) is 0 Å². The molecule has 0 radical (unpaired) electrons. The van der Waals surface area contributed by atoms with E-state index in [2.05, 4.69) is 31.2 Å². The highest BCUT2D eigenvalue weighted by molar-refractivity contribution is 5.32. The van der Waals surface area contributed by atoms with Gasteiger partial charge in [0.2, 0.25) is 0 Å². The second-order valence-corrected chi connectivity index (χ2v) is 4.51. The second-order valence-electron chi connectivity index (χ2n) is 4.51. The van der Waals surface area contributed by atoms with E-state index in [1.54, 1.807) is 7.11 Å². The van der Waals surface area contributed by atoms with E-state index in [4.69, 9.17) is 10.5 Å². The maximum absolute atomic E-state index is 6.29. The minimum Gasteiger partial charge on any atom is -0.377 e. The number of hydrogen-bond acceptors (Lipinski definition) is 2. The first-order valence-electron chi connectivity index (χ1n) is 5.58.